The maximum atomic E-state index is 12.9. The van der Waals surface area contributed by atoms with Gasteiger partial charge >= 0.3 is 5.91 Å². The summed E-state index contributed by atoms with van der Waals surface area (Å²) < 4.78 is 1.19. The maximum Gasteiger partial charge on any atom is 0.366 e. The fourth-order valence-electron chi connectivity index (χ4n) is 4.62. The Bertz CT molecular complexity index is 969. The summed E-state index contributed by atoms with van der Waals surface area (Å²) in [6.45, 7) is 2.26. The van der Waals surface area contributed by atoms with Crippen molar-refractivity contribution in [2.45, 2.75) is 64.2 Å². The van der Waals surface area contributed by atoms with Crippen molar-refractivity contribution < 1.29 is 9.64 Å². The standard InChI is InChI=1S/C24H29N3O2/c1-2-3-4-7-18-10-12-19(13-11-18)20-14-16-21(17-15-20)24(28)26-22-8-5-6-9-23(22)27(29)25-26/h5-6,8-9,14-19H,2-4,7,10-13H2,1H3/t18-,19-. The minimum atomic E-state index is -0.276. The van der Waals surface area contributed by atoms with E-state index in [1.165, 1.54) is 61.6 Å². The number of fused-ring (bicyclic) bond motifs is 1. The first kappa shape index (κ1) is 19.6. The van der Waals surface area contributed by atoms with Gasteiger partial charge in [0.15, 0.2) is 0 Å². The van der Waals surface area contributed by atoms with Crippen LogP contribution in [0.2, 0.25) is 0 Å². The van der Waals surface area contributed by atoms with Crippen LogP contribution < -0.4 is 4.85 Å². The number of nitrogens with zero attached hydrogens (tertiary/aromatic N) is 3. The molecule has 1 fully saturated rings. The molecule has 152 valence electrons. The summed E-state index contributed by atoms with van der Waals surface area (Å²) in [5, 5.41) is 15.8. The zero-order valence-corrected chi connectivity index (χ0v) is 17.1. The molecule has 0 amide bonds. The van der Waals surface area contributed by atoms with Crippen LogP contribution in [0.15, 0.2) is 48.5 Å². The van der Waals surface area contributed by atoms with Crippen LogP contribution in [-0.4, -0.2) is 15.8 Å². The molecular formula is C24H29N3O2. The largest absolute Gasteiger partial charge is 0.691 e. The molecule has 0 spiro atoms. The Hall–Kier alpha value is -2.69. The molecule has 5 heteroatoms. The second-order valence-corrected chi connectivity index (χ2v) is 8.30. The van der Waals surface area contributed by atoms with Crippen molar-refractivity contribution in [3.05, 3.63) is 64.9 Å². The van der Waals surface area contributed by atoms with Crippen LogP contribution in [0.3, 0.4) is 0 Å². The van der Waals surface area contributed by atoms with Crippen molar-refractivity contribution in [1.82, 2.24) is 9.90 Å². The summed E-state index contributed by atoms with van der Waals surface area (Å²) in [4.78, 5) is 13.4. The van der Waals surface area contributed by atoms with E-state index in [2.05, 4.69) is 24.3 Å². The molecule has 0 aliphatic heterocycles. The lowest BCUT2D eigenvalue weighted by molar-refractivity contribution is -0.645. The van der Waals surface area contributed by atoms with Gasteiger partial charge in [0, 0.05) is 0 Å². The number of carbonyl (C=O) groups is 1. The van der Waals surface area contributed by atoms with Gasteiger partial charge in [0.25, 0.3) is 0 Å². The van der Waals surface area contributed by atoms with Crippen LogP contribution in [0.25, 0.3) is 11.0 Å². The van der Waals surface area contributed by atoms with E-state index in [4.69, 9.17) is 0 Å². The van der Waals surface area contributed by atoms with Crippen molar-refractivity contribution in [3.63, 3.8) is 0 Å². The average Bonchev–Trinajstić information content (AvgIpc) is 3.11. The van der Waals surface area contributed by atoms with Crippen LogP contribution in [0.4, 0.5) is 0 Å². The Morgan fingerprint density at radius 2 is 1.79 bits per heavy atom. The number of hydrogen-bond acceptors (Lipinski definition) is 3. The third kappa shape index (κ3) is 4.19. The van der Waals surface area contributed by atoms with Crippen molar-refractivity contribution in [2.24, 2.45) is 5.92 Å². The van der Waals surface area contributed by atoms with Gasteiger partial charge in [-0.2, -0.15) is 0 Å². The van der Waals surface area contributed by atoms with Crippen molar-refractivity contribution in [1.29, 1.82) is 0 Å². The Kier molecular flexibility index (Phi) is 5.93. The van der Waals surface area contributed by atoms with Crippen molar-refractivity contribution >= 4 is 16.9 Å². The van der Waals surface area contributed by atoms with Gasteiger partial charge < -0.3 is 5.21 Å². The lowest BCUT2D eigenvalue weighted by Gasteiger charge is -2.29. The molecule has 1 aliphatic rings. The van der Waals surface area contributed by atoms with Gasteiger partial charge in [0.1, 0.15) is 5.21 Å². The van der Waals surface area contributed by atoms with Gasteiger partial charge in [-0.25, -0.2) is 4.79 Å². The second-order valence-electron chi connectivity index (χ2n) is 8.30. The van der Waals surface area contributed by atoms with Gasteiger partial charge in [-0.1, -0.05) is 61.6 Å². The van der Waals surface area contributed by atoms with E-state index in [0.717, 1.165) is 5.92 Å². The van der Waals surface area contributed by atoms with Crippen molar-refractivity contribution in [2.75, 3.05) is 0 Å². The number of unbranched alkanes of at least 4 members (excludes halogenated alkanes) is 2. The molecule has 4 rings (SSSR count). The number of rotatable bonds is 6. The van der Waals surface area contributed by atoms with Gasteiger partial charge in [-0.05, 0) is 67.3 Å². The summed E-state index contributed by atoms with van der Waals surface area (Å²) in [5.74, 6) is 1.21. The third-order valence-corrected chi connectivity index (χ3v) is 6.37. The fraction of sp³-hybridized carbons (Fsp3) is 0.458. The zero-order valence-electron chi connectivity index (χ0n) is 17.1. The highest BCUT2D eigenvalue weighted by molar-refractivity contribution is 5.99. The summed E-state index contributed by atoms with van der Waals surface area (Å²) >= 11 is 0. The number of hydrogen-bond donors (Lipinski definition) is 0. The number of aromatic nitrogens is 3. The van der Waals surface area contributed by atoms with Gasteiger partial charge in [0.2, 0.25) is 11.0 Å². The summed E-state index contributed by atoms with van der Waals surface area (Å²) in [7, 11) is 0. The molecule has 1 aromatic heterocycles. The van der Waals surface area contributed by atoms with E-state index < -0.39 is 0 Å². The minimum Gasteiger partial charge on any atom is -0.691 e. The van der Waals surface area contributed by atoms with E-state index in [-0.39, 0.29) is 5.91 Å². The SMILES string of the molecule is CCCCC[C@H]1CC[C@H](c2ccc(C(=O)n3n[n+]([O-])c4ccccc43)cc2)CC1. The molecule has 1 aliphatic carbocycles. The van der Waals surface area contributed by atoms with Gasteiger partial charge in [-0.15, -0.1) is 4.85 Å². The molecule has 3 aromatic rings. The highest BCUT2D eigenvalue weighted by atomic mass is 16.5. The minimum absolute atomic E-state index is 0.276. The van der Waals surface area contributed by atoms with E-state index in [0.29, 0.717) is 27.4 Å². The van der Waals surface area contributed by atoms with Gasteiger partial charge in [0.05, 0.1) is 5.56 Å². The highest BCUT2D eigenvalue weighted by Gasteiger charge is 2.25. The fourth-order valence-corrected chi connectivity index (χ4v) is 4.62. The van der Waals surface area contributed by atoms with Crippen LogP contribution in [-0.2, 0) is 0 Å². The first-order chi connectivity index (χ1) is 14.2. The molecule has 0 unspecified atom stereocenters. The Labute approximate surface area is 171 Å². The van der Waals surface area contributed by atoms with E-state index in [1.807, 2.05) is 12.1 Å². The smallest absolute Gasteiger partial charge is 0.366 e. The second kappa shape index (κ2) is 8.76. The molecule has 5 nitrogen and oxygen atoms in total. The van der Waals surface area contributed by atoms with E-state index in [1.54, 1.807) is 24.3 Å². The van der Waals surface area contributed by atoms with Crippen LogP contribution >= 0.6 is 0 Å². The molecule has 0 radical (unpaired) electrons. The quantitative estimate of drug-likeness (QED) is 0.329. The number of benzene rings is 2. The molecule has 2 aromatic carbocycles. The zero-order chi connectivity index (χ0) is 20.2. The Balaban J connectivity index is 1.42. The van der Waals surface area contributed by atoms with Crippen LogP contribution in [0.5, 0.6) is 0 Å². The Morgan fingerprint density at radius 1 is 1.07 bits per heavy atom. The lowest BCUT2D eigenvalue weighted by atomic mass is 9.77. The third-order valence-electron chi connectivity index (χ3n) is 6.37. The van der Waals surface area contributed by atoms with Crippen LogP contribution in [0, 0.1) is 11.1 Å². The topological polar surface area (TPSA) is 61.8 Å². The van der Waals surface area contributed by atoms with Crippen LogP contribution in [0.1, 0.15) is 80.1 Å². The van der Waals surface area contributed by atoms with Gasteiger partial charge in [-0.3, -0.25) is 0 Å². The highest BCUT2D eigenvalue weighted by Crippen LogP contribution is 2.37. The summed E-state index contributed by atoms with van der Waals surface area (Å²) in [6, 6.07) is 14.9. The molecule has 0 atom stereocenters. The molecule has 1 saturated carbocycles. The summed E-state index contributed by atoms with van der Waals surface area (Å²) in [5.41, 5.74) is 2.79. The van der Waals surface area contributed by atoms with E-state index >= 15 is 0 Å². The van der Waals surface area contributed by atoms with E-state index in [9.17, 15) is 10.0 Å². The average molecular weight is 392 g/mol. The summed E-state index contributed by atoms with van der Waals surface area (Å²) in [6.07, 6.45) is 10.5. The van der Waals surface area contributed by atoms with Crippen molar-refractivity contribution in [3.8, 4) is 0 Å². The monoisotopic (exact) mass is 391 g/mol. The lowest BCUT2D eigenvalue weighted by Crippen LogP contribution is -2.31. The molecule has 0 bridgehead atoms. The molecular weight excluding hydrogens is 362 g/mol. The predicted octanol–water partition coefficient (Wildman–Crippen LogP) is 5.21. The molecule has 0 saturated heterocycles. The maximum absolute atomic E-state index is 12.9. The normalized spacial score (nSPS) is 19.5. The molecule has 1 heterocycles. The Morgan fingerprint density at radius 3 is 2.52 bits per heavy atom. The molecule has 0 N–H and O–H groups in total. The molecule has 29 heavy (non-hydrogen) atoms. The number of carbonyl (C=O) groups excluding carboxylic acids is 1. The predicted molar refractivity (Wildman–Crippen MR) is 114 cm³/mol. The first-order valence-corrected chi connectivity index (χ1v) is 10.9. The first-order valence-electron chi connectivity index (χ1n) is 10.9. The number of para-hydroxylation sites is 2.